The summed E-state index contributed by atoms with van der Waals surface area (Å²) in [6.45, 7) is 0. The second-order valence-electron chi connectivity index (χ2n) is 4.76. The Balaban J connectivity index is 1.96. The SMILES string of the molecule is Fc1cc(F)c(NC2CCSc3ccc(Cl)cc32)c(Cl)c1. The van der Waals surface area contributed by atoms with E-state index >= 15 is 0 Å². The molecule has 1 aliphatic rings. The van der Waals surface area contributed by atoms with Crippen LogP contribution in [0.2, 0.25) is 10.0 Å². The van der Waals surface area contributed by atoms with Gasteiger partial charge < -0.3 is 5.32 Å². The van der Waals surface area contributed by atoms with Crippen molar-refractivity contribution in [3.63, 3.8) is 0 Å². The molecule has 0 fully saturated rings. The highest BCUT2D eigenvalue weighted by atomic mass is 35.5. The van der Waals surface area contributed by atoms with Crippen molar-refractivity contribution < 1.29 is 8.78 Å². The third-order valence-corrected chi connectivity index (χ3v) is 4.99. The first-order valence-electron chi connectivity index (χ1n) is 6.38. The molecule has 1 N–H and O–H groups in total. The van der Waals surface area contributed by atoms with Gasteiger partial charge in [0.05, 0.1) is 16.8 Å². The number of anilines is 1. The summed E-state index contributed by atoms with van der Waals surface area (Å²) < 4.78 is 27.0. The molecule has 0 saturated heterocycles. The number of thioether (sulfide) groups is 1. The van der Waals surface area contributed by atoms with Gasteiger partial charge in [-0.1, -0.05) is 23.2 Å². The monoisotopic (exact) mass is 345 g/mol. The molecular weight excluding hydrogens is 335 g/mol. The standard InChI is InChI=1S/C15H11Cl2F2NS/c16-8-1-2-14-10(5-8)13(3-4-21-14)20-15-11(17)6-9(18)7-12(15)19/h1-2,5-7,13,20H,3-4H2. The summed E-state index contributed by atoms with van der Waals surface area (Å²) in [7, 11) is 0. The zero-order valence-corrected chi connectivity index (χ0v) is 13.1. The Bertz CT molecular complexity index is 670. The average molecular weight is 346 g/mol. The van der Waals surface area contributed by atoms with Crippen molar-refractivity contribution in [1.29, 1.82) is 0 Å². The molecule has 2 aromatic rings. The summed E-state index contributed by atoms with van der Waals surface area (Å²) in [6, 6.07) is 7.49. The zero-order chi connectivity index (χ0) is 15.0. The van der Waals surface area contributed by atoms with Gasteiger partial charge in [0.15, 0.2) is 5.82 Å². The van der Waals surface area contributed by atoms with Crippen molar-refractivity contribution >= 4 is 40.7 Å². The van der Waals surface area contributed by atoms with Crippen LogP contribution < -0.4 is 5.32 Å². The summed E-state index contributed by atoms with van der Waals surface area (Å²) in [4.78, 5) is 1.11. The lowest BCUT2D eigenvalue weighted by Gasteiger charge is -2.27. The number of hydrogen-bond acceptors (Lipinski definition) is 2. The molecule has 6 heteroatoms. The Kier molecular flexibility index (Phi) is 4.29. The minimum atomic E-state index is -0.693. The molecule has 1 aliphatic heterocycles. The van der Waals surface area contributed by atoms with Gasteiger partial charge in [0.25, 0.3) is 0 Å². The maximum atomic E-state index is 13.9. The Hall–Kier alpha value is -0.970. The van der Waals surface area contributed by atoms with E-state index in [1.165, 1.54) is 0 Å². The molecular formula is C15H11Cl2F2NS. The third-order valence-electron chi connectivity index (χ3n) is 3.34. The number of hydrogen-bond donors (Lipinski definition) is 1. The van der Waals surface area contributed by atoms with Gasteiger partial charge in [0.1, 0.15) is 5.82 Å². The summed E-state index contributed by atoms with van der Waals surface area (Å²) >= 11 is 13.7. The maximum Gasteiger partial charge on any atom is 0.150 e. The summed E-state index contributed by atoms with van der Waals surface area (Å²) in [5.41, 5.74) is 1.14. The van der Waals surface area contributed by atoms with E-state index in [0.29, 0.717) is 5.02 Å². The fraction of sp³-hybridized carbons (Fsp3) is 0.200. The second kappa shape index (κ2) is 6.03. The lowest BCUT2D eigenvalue weighted by atomic mass is 10.0. The topological polar surface area (TPSA) is 12.0 Å². The van der Waals surface area contributed by atoms with Gasteiger partial charge in [-0.3, -0.25) is 0 Å². The van der Waals surface area contributed by atoms with Crippen LogP contribution in [0.1, 0.15) is 18.0 Å². The van der Waals surface area contributed by atoms with Crippen LogP contribution in [0.3, 0.4) is 0 Å². The Morgan fingerprint density at radius 2 is 1.95 bits per heavy atom. The van der Waals surface area contributed by atoms with Crippen molar-refractivity contribution in [2.75, 3.05) is 11.1 Å². The van der Waals surface area contributed by atoms with E-state index in [1.54, 1.807) is 11.8 Å². The molecule has 1 atom stereocenters. The number of nitrogens with one attached hydrogen (secondary N) is 1. The molecule has 1 unspecified atom stereocenters. The van der Waals surface area contributed by atoms with Gasteiger partial charge in [-0.2, -0.15) is 0 Å². The van der Waals surface area contributed by atoms with Crippen molar-refractivity contribution in [2.24, 2.45) is 0 Å². The van der Waals surface area contributed by atoms with Gasteiger partial charge in [-0.15, -0.1) is 11.8 Å². The van der Waals surface area contributed by atoms with Gasteiger partial charge in [0, 0.05) is 21.7 Å². The van der Waals surface area contributed by atoms with E-state index in [0.717, 1.165) is 34.8 Å². The first-order chi connectivity index (χ1) is 10.0. The molecule has 110 valence electrons. The molecule has 0 saturated carbocycles. The Morgan fingerprint density at radius 1 is 1.14 bits per heavy atom. The van der Waals surface area contributed by atoms with E-state index in [9.17, 15) is 8.78 Å². The van der Waals surface area contributed by atoms with Crippen molar-refractivity contribution in [1.82, 2.24) is 0 Å². The number of rotatable bonds is 2. The zero-order valence-electron chi connectivity index (χ0n) is 10.8. The van der Waals surface area contributed by atoms with Crippen molar-refractivity contribution in [3.05, 3.63) is 57.6 Å². The molecule has 3 rings (SSSR count). The molecule has 0 aliphatic carbocycles. The number of halogens is 4. The molecule has 1 nitrogen and oxygen atoms in total. The first kappa shape index (κ1) is 14.9. The van der Waals surface area contributed by atoms with Gasteiger partial charge in [0.2, 0.25) is 0 Å². The second-order valence-corrected chi connectivity index (χ2v) is 6.74. The fourth-order valence-electron chi connectivity index (χ4n) is 2.37. The van der Waals surface area contributed by atoms with E-state index < -0.39 is 11.6 Å². The summed E-state index contributed by atoms with van der Waals surface area (Å²) in [5.74, 6) is -0.472. The number of fused-ring (bicyclic) bond motifs is 1. The van der Waals surface area contributed by atoms with Crippen LogP contribution in [0.5, 0.6) is 0 Å². The average Bonchev–Trinajstić information content (AvgIpc) is 2.43. The molecule has 0 amide bonds. The Morgan fingerprint density at radius 3 is 2.71 bits per heavy atom. The van der Waals surface area contributed by atoms with E-state index in [2.05, 4.69) is 5.32 Å². The molecule has 0 bridgehead atoms. The van der Waals surface area contributed by atoms with Crippen LogP contribution >= 0.6 is 35.0 Å². The van der Waals surface area contributed by atoms with Gasteiger partial charge in [-0.05, 0) is 36.2 Å². The van der Waals surface area contributed by atoms with Crippen LogP contribution in [0.4, 0.5) is 14.5 Å². The smallest absolute Gasteiger partial charge is 0.150 e. The van der Waals surface area contributed by atoms with Crippen LogP contribution in [0.15, 0.2) is 35.2 Å². The molecule has 0 radical (unpaired) electrons. The molecule has 0 aromatic heterocycles. The minimum Gasteiger partial charge on any atom is -0.375 e. The molecule has 21 heavy (non-hydrogen) atoms. The third kappa shape index (κ3) is 3.12. The maximum absolute atomic E-state index is 13.9. The van der Waals surface area contributed by atoms with E-state index in [1.807, 2.05) is 18.2 Å². The first-order valence-corrected chi connectivity index (χ1v) is 8.12. The molecule has 1 heterocycles. The lowest BCUT2D eigenvalue weighted by Crippen LogP contribution is -2.17. The van der Waals surface area contributed by atoms with E-state index in [4.69, 9.17) is 23.2 Å². The van der Waals surface area contributed by atoms with Crippen molar-refractivity contribution in [3.8, 4) is 0 Å². The molecule has 0 spiro atoms. The summed E-state index contributed by atoms with van der Waals surface area (Å²) in [5, 5.41) is 3.75. The van der Waals surface area contributed by atoms with E-state index in [-0.39, 0.29) is 16.8 Å². The quantitative estimate of drug-likeness (QED) is 0.724. The van der Waals surface area contributed by atoms with Crippen molar-refractivity contribution in [2.45, 2.75) is 17.4 Å². The van der Waals surface area contributed by atoms with Gasteiger partial charge in [-0.25, -0.2) is 8.78 Å². The van der Waals surface area contributed by atoms with Gasteiger partial charge >= 0.3 is 0 Å². The normalized spacial score (nSPS) is 17.4. The lowest BCUT2D eigenvalue weighted by molar-refractivity contribution is 0.582. The van der Waals surface area contributed by atoms with Crippen LogP contribution in [0, 0.1) is 11.6 Å². The highest BCUT2D eigenvalue weighted by molar-refractivity contribution is 7.99. The van der Waals surface area contributed by atoms with Crippen LogP contribution in [0.25, 0.3) is 0 Å². The highest BCUT2D eigenvalue weighted by Gasteiger charge is 2.23. The summed E-state index contributed by atoms with van der Waals surface area (Å²) in [6.07, 6.45) is 0.811. The fourth-order valence-corrected chi connectivity index (χ4v) is 3.90. The predicted octanol–water partition coefficient (Wildman–Crippen LogP) is 5.92. The van der Waals surface area contributed by atoms with Crippen LogP contribution in [-0.2, 0) is 0 Å². The predicted molar refractivity (Wildman–Crippen MR) is 84.5 cm³/mol. The Labute approximate surface area is 135 Å². The highest BCUT2D eigenvalue weighted by Crippen LogP contribution is 2.40. The minimum absolute atomic E-state index is 0.0364. The largest absolute Gasteiger partial charge is 0.375 e. The van der Waals surface area contributed by atoms with Crippen LogP contribution in [-0.4, -0.2) is 5.75 Å². The molecule has 2 aromatic carbocycles. The number of benzene rings is 2.